The first-order valence-electron chi connectivity index (χ1n) is 7.29. The zero-order valence-corrected chi connectivity index (χ0v) is 13.8. The standard InChI is InChI=1S/C16H25BrFN/c1-4-9-19-16(12(5-2)6-3)10-13-7-8-14(18)11-15(13)17/h7-8,11-12,16,19H,4-6,9-10H2,1-3H3. The third kappa shape index (κ3) is 5.23. The summed E-state index contributed by atoms with van der Waals surface area (Å²) in [6.45, 7) is 7.72. The Hall–Kier alpha value is -0.410. The van der Waals surface area contributed by atoms with Crippen molar-refractivity contribution >= 4 is 15.9 Å². The summed E-state index contributed by atoms with van der Waals surface area (Å²) in [5, 5.41) is 3.65. The highest BCUT2D eigenvalue weighted by Gasteiger charge is 2.19. The number of benzene rings is 1. The minimum absolute atomic E-state index is 0.184. The molecule has 0 spiro atoms. The highest BCUT2D eigenvalue weighted by Crippen LogP contribution is 2.23. The van der Waals surface area contributed by atoms with E-state index >= 15 is 0 Å². The van der Waals surface area contributed by atoms with Gasteiger partial charge in [-0.3, -0.25) is 0 Å². The SMILES string of the molecule is CCCNC(Cc1ccc(F)cc1Br)C(CC)CC. The first kappa shape index (κ1) is 16.6. The van der Waals surface area contributed by atoms with Crippen molar-refractivity contribution in [2.75, 3.05) is 6.54 Å². The molecule has 1 nitrogen and oxygen atoms in total. The van der Waals surface area contributed by atoms with Crippen LogP contribution in [-0.4, -0.2) is 12.6 Å². The van der Waals surface area contributed by atoms with Gasteiger partial charge in [0.2, 0.25) is 0 Å². The van der Waals surface area contributed by atoms with Gasteiger partial charge in [-0.15, -0.1) is 0 Å². The molecule has 0 heterocycles. The van der Waals surface area contributed by atoms with Crippen LogP contribution in [0.2, 0.25) is 0 Å². The molecule has 1 aromatic rings. The minimum atomic E-state index is -0.184. The number of halogens is 2. The van der Waals surface area contributed by atoms with Crippen LogP contribution in [0.5, 0.6) is 0 Å². The second-order valence-corrected chi connectivity index (χ2v) is 5.93. The Bertz CT molecular complexity index is 377. The molecule has 1 unspecified atom stereocenters. The van der Waals surface area contributed by atoms with Crippen LogP contribution >= 0.6 is 15.9 Å². The zero-order valence-electron chi connectivity index (χ0n) is 12.2. The van der Waals surface area contributed by atoms with Gasteiger partial charge in [0.25, 0.3) is 0 Å². The van der Waals surface area contributed by atoms with Gasteiger partial charge in [0, 0.05) is 10.5 Å². The van der Waals surface area contributed by atoms with Crippen LogP contribution in [0.1, 0.15) is 45.6 Å². The molecule has 1 N–H and O–H groups in total. The smallest absolute Gasteiger partial charge is 0.124 e. The van der Waals surface area contributed by atoms with Gasteiger partial charge in [-0.05, 0) is 43.0 Å². The maximum atomic E-state index is 13.1. The molecule has 108 valence electrons. The lowest BCUT2D eigenvalue weighted by atomic mass is 9.89. The fraction of sp³-hybridized carbons (Fsp3) is 0.625. The summed E-state index contributed by atoms with van der Waals surface area (Å²) in [5.74, 6) is 0.486. The van der Waals surface area contributed by atoms with Gasteiger partial charge in [0.1, 0.15) is 5.82 Å². The molecule has 19 heavy (non-hydrogen) atoms. The van der Waals surface area contributed by atoms with Crippen LogP contribution in [0, 0.1) is 11.7 Å². The molecule has 1 atom stereocenters. The molecule has 0 fully saturated rings. The van der Waals surface area contributed by atoms with Gasteiger partial charge in [-0.2, -0.15) is 0 Å². The van der Waals surface area contributed by atoms with Crippen LogP contribution in [0.15, 0.2) is 22.7 Å². The van der Waals surface area contributed by atoms with Gasteiger partial charge in [0.05, 0.1) is 0 Å². The van der Waals surface area contributed by atoms with Crippen LogP contribution in [0.25, 0.3) is 0 Å². The lowest BCUT2D eigenvalue weighted by molar-refractivity contribution is 0.331. The zero-order chi connectivity index (χ0) is 14.3. The number of nitrogens with one attached hydrogen (secondary N) is 1. The monoisotopic (exact) mass is 329 g/mol. The second kappa shape index (κ2) is 8.70. The Morgan fingerprint density at radius 1 is 1.21 bits per heavy atom. The third-order valence-electron chi connectivity index (χ3n) is 3.73. The first-order chi connectivity index (χ1) is 9.12. The molecule has 0 bridgehead atoms. The Kier molecular flexibility index (Phi) is 7.62. The maximum absolute atomic E-state index is 13.1. The van der Waals surface area contributed by atoms with Crippen molar-refractivity contribution in [1.82, 2.24) is 5.32 Å². The molecule has 1 aromatic carbocycles. The summed E-state index contributed by atoms with van der Waals surface area (Å²) in [5.41, 5.74) is 1.18. The van der Waals surface area contributed by atoms with E-state index in [1.54, 1.807) is 12.1 Å². The summed E-state index contributed by atoms with van der Waals surface area (Å²) < 4.78 is 14.0. The highest BCUT2D eigenvalue weighted by atomic mass is 79.9. The topological polar surface area (TPSA) is 12.0 Å². The average molecular weight is 330 g/mol. The number of hydrogen-bond acceptors (Lipinski definition) is 1. The number of rotatable bonds is 8. The molecule has 3 heteroatoms. The summed E-state index contributed by atoms with van der Waals surface area (Å²) in [7, 11) is 0. The Morgan fingerprint density at radius 2 is 1.89 bits per heavy atom. The molecule has 0 saturated carbocycles. The van der Waals surface area contributed by atoms with Crippen LogP contribution in [0.4, 0.5) is 4.39 Å². The fourth-order valence-electron chi connectivity index (χ4n) is 2.52. The molecule has 0 aromatic heterocycles. The van der Waals surface area contributed by atoms with E-state index in [0.29, 0.717) is 12.0 Å². The molecule has 0 saturated heterocycles. The molecule has 1 rings (SSSR count). The molecular weight excluding hydrogens is 305 g/mol. The number of hydrogen-bond donors (Lipinski definition) is 1. The van der Waals surface area contributed by atoms with Crippen LogP contribution < -0.4 is 5.32 Å². The summed E-state index contributed by atoms with van der Waals surface area (Å²) in [6.07, 6.45) is 4.45. The summed E-state index contributed by atoms with van der Waals surface area (Å²) in [4.78, 5) is 0. The molecule has 0 aliphatic carbocycles. The summed E-state index contributed by atoms with van der Waals surface area (Å²) >= 11 is 3.47. The molecule has 0 radical (unpaired) electrons. The first-order valence-corrected chi connectivity index (χ1v) is 8.08. The Morgan fingerprint density at radius 3 is 2.42 bits per heavy atom. The normalized spacial score (nSPS) is 12.9. The van der Waals surface area contributed by atoms with E-state index in [1.165, 1.54) is 18.4 Å². The van der Waals surface area contributed by atoms with E-state index in [2.05, 4.69) is 42.0 Å². The van der Waals surface area contributed by atoms with Crippen molar-refractivity contribution in [3.05, 3.63) is 34.1 Å². The lowest BCUT2D eigenvalue weighted by Crippen LogP contribution is -2.38. The van der Waals surface area contributed by atoms with Gasteiger partial charge >= 0.3 is 0 Å². The van der Waals surface area contributed by atoms with Crippen LogP contribution in [-0.2, 0) is 6.42 Å². The second-order valence-electron chi connectivity index (χ2n) is 5.08. The highest BCUT2D eigenvalue weighted by molar-refractivity contribution is 9.10. The Balaban J connectivity index is 2.80. The van der Waals surface area contributed by atoms with Crippen molar-refractivity contribution in [2.45, 2.75) is 52.5 Å². The average Bonchev–Trinajstić information content (AvgIpc) is 2.39. The van der Waals surface area contributed by atoms with Gasteiger partial charge in [0.15, 0.2) is 0 Å². The van der Waals surface area contributed by atoms with E-state index in [-0.39, 0.29) is 5.82 Å². The van der Waals surface area contributed by atoms with Crippen LogP contribution in [0.3, 0.4) is 0 Å². The molecular formula is C16H25BrFN. The lowest BCUT2D eigenvalue weighted by Gasteiger charge is -2.27. The van der Waals surface area contributed by atoms with Gasteiger partial charge in [-0.25, -0.2) is 4.39 Å². The third-order valence-corrected chi connectivity index (χ3v) is 4.47. The summed E-state index contributed by atoms with van der Waals surface area (Å²) in [6, 6.07) is 5.46. The van der Waals surface area contributed by atoms with E-state index in [1.807, 2.05) is 6.07 Å². The maximum Gasteiger partial charge on any atom is 0.124 e. The Labute approximate surface area is 125 Å². The van der Waals surface area contributed by atoms with Crippen molar-refractivity contribution < 1.29 is 4.39 Å². The van der Waals surface area contributed by atoms with Crippen molar-refractivity contribution in [3.8, 4) is 0 Å². The molecule has 0 aliphatic rings. The van der Waals surface area contributed by atoms with Crippen molar-refractivity contribution in [1.29, 1.82) is 0 Å². The minimum Gasteiger partial charge on any atom is -0.313 e. The fourth-order valence-corrected chi connectivity index (χ4v) is 3.03. The quantitative estimate of drug-likeness (QED) is 0.712. The van der Waals surface area contributed by atoms with Crippen molar-refractivity contribution in [3.63, 3.8) is 0 Å². The molecule has 0 amide bonds. The van der Waals surface area contributed by atoms with E-state index in [0.717, 1.165) is 23.9 Å². The van der Waals surface area contributed by atoms with E-state index in [9.17, 15) is 4.39 Å². The van der Waals surface area contributed by atoms with E-state index in [4.69, 9.17) is 0 Å². The largest absolute Gasteiger partial charge is 0.313 e. The molecule has 0 aliphatic heterocycles. The van der Waals surface area contributed by atoms with E-state index < -0.39 is 0 Å². The van der Waals surface area contributed by atoms with Crippen molar-refractivity contribution in [2.24, 2.45) is 5.92 Å². The predicted octanol–water partition coefficient (Wildman–Crippen LogP) is 4.94. The van der Waals surface area contributed by atoms with Gasteiger partial charge < -0.3 is 5.32 Å². The predicted molar refractivity (Wildman–Crippen MR) is 84.0 cm³/mol. The van der Waals surface area contributed by atoms with Gasteiger partial charge in [-0.1, -0.05) is 55.6 Å².